The topological polar surface area (TPSA) is 65.5 Å². The number of benzene rings is 2. The SMILES string of the molecule is CNc1ccc2nc(-c3ccc(OCCOCCOCC[18F])cc3)cnc2c1. The van der Waals surface area contributed by atoms with Crippen molar-refractivity contribution in [1.82, 2.24) is 9.97 Å². The van der Waals surface area contributed by atoms with Crippen LogP contribution in [0.25, 0.3) is 22.3 Å². The first-order chi connectivity index (χ1) is 13.8. The molecule has 0 aliphatic rings. The predicted octanol–water partition coefficient (Wildman–Crippen LogP) is 3.72. The van der Waals surface area contributed by atoms with E-state index in [-0.39, 0.29) is 6.61 Å². The summed E-state index contributed by atoms with van der Waals surface area (Å²) in [4.78, 5) is 9.19. The summed E-state index contributed by atoms with van der Waals surface area (Å²) in [5.74, 6) is 0.758. The van der Waals surface area contributed by atoms with Gasteiger partial charge in [0.25, 0.3) is 0 Å². The van der Waals surface area contributed by atoms with E-state index >= 15 is 0 Å². The Morgan fingerprint density at radius 3 is 2.39 bits per heavy atom. The molecular weight excluding hydrogens is 360 g/mol. The van der Waals surface area contributed by atoms with Crippen LogP contribution in [-0.2, 0) is 9.47 Å². The summed E-state index contributed by atoms with van der Waals surface area (Å²) < 4.78 is 27.8. The van der Waals surface area contributed by atoms with E-state index in [0.29, 0.717) is 26.4 Å². The number of ether oxygens (including phenoxy) is 3. The third kappa shape index (κ3) is 5.61. The predicted molar refractivity (Wildman–Crippen MR) is 108 cm³/mol. The summed E-state index contributed by atoms with van der Waals surface area (Å²) in [7, 11) is 1.88. The molecule has 3 aromatic rings. The van der Waals surface area contributed by atoms with Crippen molar-refractivity contribution in [3.05, 3.63) is 48.7 Å². The number of nitrogens with zero attached hydrogens (tertiary/aromatic N) is 2. The second kappa shape index (κ2) is 10.5. The Labute approximate surface area is 163 Å². The van der Waals surface area contributed by atoms with E-state index < -0.39 is 6.67 Å². The highest BCUT2D eigenvalue weighted by Gasteiger charge is 2.04. The number of halogens is 1. The van der Waals surface area contributed by atoms with Gasteiger partial charge >= 0.3 is 0 Å². The first-order valence-corrected chi connectivity index (χ1v) is 9.19. The van der Waals surface area contributed by atoms with Crippen LogP contribution >= 0.6 is 0 Å². The van der Waals surface area contributed by atoms with Crippen molar-refractivity contribution in [2.75, 3.05) is 52.1 Å². The van der Waals surface area contributed by atoms with Crippen molar-refractivity contribution in [2.24, 2.45) is 0 Å². The van der Waals surface area contributed by atoms with Crippen LogP contribution < -0.4 is 10.1 Å². The lowest BCUT2D eigenvalue weighted by Gasteiger charge is -2.08. The van der Waals surface area contributed by atoms with Crippen molar-refractivity contribution in [1.29, 1.82) is 0 Å². The quantitative estimate of drug-likeness (QED) is 0.508. The molecule has 2 aromatic carbocycles. The molecule has 0 fully saturated rings. The van der Waals surface area contributed by atoms with E-state index in [0.717, 1.165) is 33.7 Å². The lowest BCUT2D eigenvalue weighted by atomic mass is 10.1. The maximum atomic E-state index is 11.8. The Hall–Kier alpha value is -2.77. The van der Waals surface area contributed by atoms with Crippen LogP contribution in [0.2, 0.25) is 0 Å². The number of hydrogen-bond acceptors (Lipinski definition) is 6. The molecule has 28 heavy (non-hydrogen) atoms. The van der Waals surface area contributed by atoms with Crippen LogP contribution in [-0.4, -0.2) is 56.7 Å². The minimum atomic E-state index is -0.471. The summed E-state index contributed by atoms with van der Waals surface area (Å²) in [6.07, 6.45) is 1.77. The van der Waals surface area contributed by atoms with Crippen LogP contribution in [0.3, 0.4) is 0 Å². The molecule has 0 aliphatic carbocycles. The highest BCUT2D eigenvalue weighted by molar-refractivity contribution is 5.80. The van der Waals surface area contributed by atoms with Gasteiger partial charge < -0.3 is 19.5 Å². The Kier molecular flexibility index (Phi) is 7.52. The largest absolute Gasteiger partial charge is 0.491 e. The number of rotatable bonds is 11. The van der Waals surface area contributed by atoms with Gasteiger partial charge in [0.05, 0.1) is 49.4 Å². The van der Waals surface area contributed by atoms with Gasteiger partial charge in [0.2, 0.25) is 0 Å². The van der Waals surface area contributed by atoms with E-state index in [4.69, 9.17) is 14.2 Å². The van der Waals surface area contributed by atoms with Gasteiger partial charge in [-0.2, -0.15) is 0 Å². The van der Waals surface area contributed by atoms with Gasteiger partial charge in [-0.3, -0.25) is 4.98 Å². The summed E-state index contributed by atoms with van der Waals surface area (Å²) in [6, 6.07) is 13.6. The van der Waals surface area contributed by atoms with Crippen molar-refractivity contribution in [2.45, 2.75) is 0 Å². The minimum absolute atomic E-state index is 0.116. The molecular formula is C21H24FN3O3. The number of alkyl halides is 1. The van der Waals surface area contributed by atoms with Crippen LogP contribution in [0.5, 0.6) is 5.75 Å². The third-order valence-electron chi connectivity index (χ3n) is 4.07. The first kappa shape index (κ1) is 20.0. The lowest BCUT2D eigenvalue weighted by molar-refractivity contribution is 0.0325. The summed E-state index contributed by atoms with van der Waals surface area (Å²) in [5.41, 5.74) is 4.50. The van der Waals surface area contributed by atoms with Crippen molar-refractivity contribution >= 4 is 16.7 Å². The monoisotopic (exact) mass is 384 g/mol. The minimum Gasteiger partial charge on any atom is -0.491 e. The van der Waals surface area contributed by atoms with Gasteiger partial charge in [0.1, 0.15) is 19.0 Å². The average molecular weight is 384 g/mol. The fourth-order valence-electron chi connectivity index (χ4n) is 2.62. The number of fused-ring (bicyclic) bond motifs is 1. The molecule has 1 heterocycles. The number of aromatic nitrogens is 2. The lowest BCUT2D eigenvalue weighted by Crippen LogP contribution is -2.11. The van der Waals surface area contributed by atoms with E-state index in [1.54, 1.807) is 6.20 Å². The molecule has 6 nitrogen and oxygen atoms in total. The Bertz CT molecular complexity index is 874. The summed E-state index contributed by atoms with van der Waals surface area (Å²) in [5, 5.41) is 3.10. The highest BCUT2D eigenvalue weighted by atomic mass is 18.2. The molecule has 0 unspecified atom stereocenters. The fraction of sp³-hybridized carbons (Fsp3) is 0.333. The Morgan fingerprint density at radius 2 is 1.64 bits per heavy atom. The van der Waals surface area contributed by atoms with Crippen molar-refractivity contribution in [3.63, 3.8) is 0 Å². The summed E-state index contributed by atoms with van der Waals surface area (Å²) >= 11 is 0. The molecule has 0 saturated heterocycles. The fourth-order valence-corrected chi connectivity index (χ4v) is 2.62. The van der Waals surface area contributed by atoms with Gasteiger partial charge in [0, 0.05) is 18.3 Å². The zero-order chi connectivity index (χ0) is 19.6. The maximum Gasteiger partial charge on any atom is 0.119 e. The van der Waals surface area contributed by atoms with Crippen molar-refractivity contribution in [3.8, 4) is 17.0 Å². The molecule has 0 radical (unpaired) electrons. The van der Waals surface area contributed by atoms with Gasteiger partial charge in [0.15, 0.2) is 0 Å². The van der Waals surface area contributed by atoms with Gasteiger partial charge in [-0.1, -0.05) is 0 Å². The molecule has 1 N–H and O–H groups in total. The van der Waals surface area contributed by atoms with E-state index in [9.17, 15) is 4.39 Å². The molecule has 148 valence electrons. The molecule has 0 spiro atoms. The summed E-state index contributed by atoms with van der Waals surface area (Å²) in [6.45, 7) is 1.35. The molecule has 0 saturated carbocycles. The first-order valence-electron chi connectivity index (χ1n) is 9.19. The molecule has 0 atom stereocenters. The smallest absolute Gasteiger partial charge is 0.119 e. The average Bonchev–Trinajstić information content (AvgIpc) is 2.75. The van der Waals surface area contributed by atoms with Crippen LogP contribution in [0.1, 0.15) is 0 Å². The van der Waals surface area contributed by atoms with Crippen LogP contribution in [0.4, 0.5) is 10.1 Å². The molecule has 1 aromatic heterocycles. The van der Waals surface area contributed by atoms with E-state index in [1.807, 2.05) is 49.5 Å². The van der Waals surface area contributed by atoms with E-state index in [2.05, 4.69) is 15.3 Å². The third-order valence-corrected chi connectivity index (χ3v) is 4.07. The Balaban J connectivity index is 1.50. The second-order valence-electron chi connectivity index (χ2n) is 6.00. The second-order valence-corrected chi connectivity index (χ2v) is 6.00. The van der Waals surface area contributed by atoms with Gasteiger partial charge in [-0.15, -0.1) is 0 Å². The maximum absolute atomic E-state index is 11.8. The molecule has 0 bridgehead atoms. The standard InChI is InChI=1S/C21H24FN3O3/c1-23-17-4-7-19-20(14-17)24-15-21(25-19)16-2-5-18(6-3-16)28-13-12-27-11-10-26-9-8-22/h2-7,14-15,23H,8-13H2,1H3/i22-1. The highest BCUT2D eigenvalue weighted by Crippen LogP contribution is 2.23. The molecule has 0 amide bonds. The zero-order valence-electron chi connectivity index (χ0n) is 15.9. The number of hydrogen-bond donors (Lipinski definition) is 1. The molecule has 7 heteroatoms. The van der Waals surface area contributed by atoms with Crippen LogP contribution in [0.15, 0.2) is 48.7 Å². The Morgan fingerprint density at radius 1 is 0.893 bits per heavy atom. The van der Waals surface area contributed by atoms with Gasteiger partial charge in [-0.25, -0.2) is 9.37 Å². The van der Waals surface area contributed by atoms with Crippen molar-refractivity contribution < 1.29 is 18.6 Å². The molecule has 0 aliphatic heterocycles. The number of anilines is 1. The number of nitrogens with one attached hydrogen (secondary N) is 1. The van der Waals surface area contributed by atoms with Gasteiger partial charge in [-0.05, 0) is 42.5 Å². The van der Waals surface area contributed by atoms with E-state index in [1.165, 1.54) is 0 Å². The molecule has 3 rings (SSSR count). The van der Waals surface area contributed by atoms with Crippen LogP contribution in [0, 0.1) is 0 Å². The zero-order valence-corrected chi connectivity index (χ0v) is 15.9. The normalized spacial score (nSPS) is 10.9.